The van der Waals surface area contributed by atoms with Crippen LogP contribution in [0.5, 0.6) is 0 Å². The highest BCUT2D eigenvalue weighted by Crippen LogP contribution is 2.33. The van der Waals surface area contributed by atoms with Crippen LogP contribution in [-0.2, 0) is 6.42 Å². The van der Waals surface area contributed by atoms with Gasteiger partial charge >= 0.3 is 0 Å². The molecule has 2 N–H and O–H groups in total. The zero-order chi connectivity index (χ0) is 9.42. The van der Waals surface area contributed by atoms with Gasteiger partial charge in [0.1, 0.15) is 0 Å². The van der Waals surface area contributed by atoms with E-state index in [1.807, 2.05) is 6.07 Å². The van der Waals surface area contributed by atoms with Crippen LogP contribution in [-0.4, -0.2) is 0 Å². The molecule has 0 spiro atoms. The lowest BCUT2D eigenvalue weighted by molar-refractivity contribution is 1.11. The molecule has 1 heterocycles. The molecule has 68 valence electrons. The normalized spacial score (nSPS) is 10.9. The van der Waals surface area contributed by atoms with Crippen molar-refractivity contribution < 1.29 is 0 Å². The van der Waals surface area contributed by atoms with Gasteiger partial charge in [-0.05, 0) is 34.9 Å². The van der Waals surface area contributed by atoms with Gasteiger partial charge in [0.15, 0.2) is 0 Å². The molecule has 3 heteroatoms. The van der Waals surface area contributed by atoms with E-state index < -0.39 is 0 Å². The molecule has 2 rings (SSSR count). The van der Waals surface area contributed by atoms with Gasteiger partial charge in [-0.3, -0.25) is 0 Å². The summed E-state index contributed by atoms with van der Waals surface area (Å²) in [5.41, 5.74) is 7.90. The first-order valence-corrected chi connectivity index (χ1v) is 5.54. The minimum absolute atomic E-state index is 0.783. The molecule has 0 bridgehead atoms. The molecule has 0 fully saturated rings. The van der Waals surface area contributed by atoms with Crippen LogP contribution in [0.15, 0.2) is 22.4 Å². The van der Waals surface area contributed by atoms with Crippen molar-refractivity contribution >= 4 is 39.7 Å². The average Bonchev–Trinajstić information content (AvgIpc) is 2.54. The van der Waals surface area contributed by atoms with Crippen molar-refractivity contribution in [3.05, 3.63) is 23.1 Å². The first-order chi connectivity index (χ1) is 6.24. The van der Waals surface area contributed by atoms with Gasteiger partial charge in [0.25, 0.3) is 0 Å². The maximum atomic E-state index is 5.85. The van der Waals surface area contributed by atoms with E-state index in [0.717, 1.165) is 17.0 Å². The molecule has 0 atom stereocenters. The molecular weight excluding hydrogens is 198 g/mol. The Hall–Kier alpha value is -0.670. The number of benzene rings is 1. The lowest BCUT2D eigenvalue weighted by Gasteiger charge is -2.06. The first-order valence-electron chi connectivity index (χ1n) is 4.21. The summed E-state index contributed by atoms with van der Waals surface area (Å²) in [4.78, 5) is 0.942. The quantitative estimate of drug-likeness (QED) is 0.547. The third kappa shape index (κ3) is 1.32. The van der Waals surface area contributed by atoms with Crippen LogP contribution in [0.25, 0.3) is 10.1 Å². The van der Waals surface area contributed by atoms with Crippen LogP contribution in [0.4, 0.5) is 5.69 Å². The highest BCUT2D eigenvalue weighted by atomic mass is 32.1. The number of nitrogen functional groups attached to an aromatic ring is 1. The second-order valence-corrected chi connectivity index (χ2v) is 4.35. The Balaban J connectivity index is 2.87. The molecule has 0 unspecified atom stereocenters. The van der Waals surface area contributed by atoms with E-state index in [1.165, 1.54) is 15.6 Å². The largest absolute Gasteiger partial charge is 0.398 e. The third-order valence-corrected chi connectivity index (χ3v) is 3.71. The van der Waals surface area contributed by atoms with Crippen LogP contribution in [0.1, 0.15) is 12.5 Å². The van der Waals surface area contributed by atoms with Gasteiger partial charge in [0.2, 0.25) is 0 Å². The molecule has 1 aromatic carbocycles. The molecule has 2 aromatic rings. The number of thiophene rings is 1. The van der Waals surface area contributed by atoms with E-state index in [4.69, 9.17) is 5.73 Å². The summed E-state index contributed by atoms with van der Waals surface area (Å²) < 4.78 is 1.32. The molecular formula is C10H11NS2. The van der Waals surface area contributed by atoms with Crippen molar-refractivity contribution in [3.8, 4) is 0 Å². The summed E-state index contributed by atoms with van der Waals surface area (Å²) in [6, 6.07) is 4.09. The fourth-order valence-electron chi connectivity index (χ4n) is 1.52. The third-order valence-electron chi connectivity index (χ3n) is 2.19. The minimum Gasteiger partial charge on any atom is -0.398 e. The Morgan fingerprint density at radius 1 is 1.54 bits per heavy atom. The van der Waals surface area contributed by atoms with E-state index in [2.05, 4.69) is 31.0 Å². The number of rotatable bonds is 1. The van der Waals surface area contributed by atoms with Gasteiger partial charge in [-0.2, -0.15) is 0 Å². The van der Waals surface area contributed by atoms with Gasteiger partial charge in [-0.1, -0.05) is 6.92 Å². The van der Waals surface area contributed by atoms with Crippen molar-refractivity contribution in [3.63, 3.8) is 0 Å². The van der Waals surface area contributed by atoms with E-state index in [-0.39, 0.29) is 0 Å². The van der Waals surface area contributed by atoms with Crippen molar-refractivity contribution in [1.82, 2.24) is 0 Å². The van der Waals surface area contributed by atoms with Gasteiger partial charge < -0.3 is 5.73 Å². The lowest BCUT2D eigenvalue weighted by atomic mass is 10.1. The molecule has 0 saturated carbocycles. The number of fused-ring (bicyclic) bond motifs is 1. The summed E-state index contributed by atoms with van der Waals surface area (Å²) in [6.45, 7) is 2.13. The number of hydrogen-bond donors (Lipinski definition) is 2. The smallest absolute Gasteiger partial charge is 0.0459 e. The molecule has 0 amide bonds. The SMILES string of the molecule is CCc1c(S)c(N)cc2ccsc12. The predicted molar refractivity (Wildman–Crippen MR) is 62.9 cm³/mol. The van der Waals surface area contributed by atoms with Gasteiger partial charge in [-0.15, -0.1) is 24.0 Å². The highest BCUT2D eigenvalue weighted by Gasteiger charge is 2.07. The Morgan fingerprint density at radius 2 is 2.31 bits per heavy atom. The monoisotopic (exact) mass is 209 g/mol. The molecule has 0 saturated heterocycles. The molecule has 13 heavy (non-hydrogen) atoms. The van der Waals surface area contributed by atoms with E-state index in [9.17, 15) is 0 Å². The van der Waals surface area contributed by atoms with Crippen LogP contribution < -0.4 is 5.73 Å². The molecule has 1 aromatic heterocycles. The topological polar surface area (TPSA) is 26.0 Å². The minimum atomic E-state index is 0.783. The van der Waals surface area contributed by atoms with Crippen molar-refractivity contribution in [1.29, 1.82) is 0 Å². The number of thiol groups is 1. The average molecular weight is 209 g/mol. The van der Waals surface area contributed by atoms with Crippen LogP contribution in [0.2, 0.25) is 0 Å². The number of hydrogen-bond acceptors (Lipinski definition) is 3. The fraction of sp³-hybridized carbons (Fsp3) is 0.200. The van der Waals surface area contributed by atoms with Gasteiger partial charge in [-0.25, -0.2) is 0 Å². The summed E-state index contributed by atoms with van der Waals surface area (Å²) in [5.74, 6) is 0. The lowest BCUT2D eigenvalue weighted by Crippen LogP contribution is -1.91. The maximum Gasteiger partial charge on any atom is 0.0459 e. The summed E-state index contributed by atoms with van der Waals surface area (Å²) in [5, 5.41) is 3.33. The Labute approximate surface area is 87.0 Å². The summed E-state index contributed by atoms with van der Waals surface area (Å²) >= 11 is 6.18. The van der Waals surface area contributed by atoms with Crippen molar-refractivity contribution in [2.45, 2.75) is 18.2 Å². The zero-order valence-electron chi connectivity index (χ0n) is 7.37. The summed E-state index contributed by atoms with van der Waals surface area (Å²) in [7, 11) is 0. The van der Waals surface area contributed by atoms with E-state index in [1.54, 1.807) is 11.3 Å². The summed E-state index contributed by atoms with van der Waals surface area (Å²) in [6.07, 6.45) is 0.987. The van der Waals surface area contributed by atoms with Crippen LogP contribution in [0.3, 0.4) is 0 Å². The molecule has 0 aliphatic carbocycles. The maximum absolute atomic E-state index is 5.85. The Bertz CT molecular complexity index is 445. The van der Waals surface area contributed by atoms with Crippen LogP contribution >= 0.6 is 24.0 Å². The Morgan fingerprint density at radius 3 is 3.00 bits per heavy atom. The van der Waals surface area contributed by atoms with Gasteiger partial charge in [0, 0.05) is 15.3 Å². The van der Waals surface area contributed by atoms with Crippen LogP contribution in [0, 0.1) is 0 Å². The second kappa shape index (κ2) is 3.24. The van der Waals surface area contributed by atoms with E-state index >= 15 is 0 Å². The number of anilines is 1. The molecule has 0 aliphatic rings. The fourth-order valence-corrected chi connectivity index (χ4v) is 2.94. The van der Waals surface area contributed by atoms with Gasteiger partial charge in [0.05, 0.1) is 0 Å². The Kier molecular flexibility index (Phi) is 2.22. The second-order valence-electron chi connectivity index (χ2n) is 2.99. The molecule has 0 radical (unpaired) electrons. The molecule has 0 aliphatic heterocycles. The molecule has 1 nitrogen and oxygen atoms in total. The number of aryl methyl sites for hydroxylation is 1. The standard InChI is InChI=1S/C10H11NS2/c1-2-7-9(12)8(11)5-6-3-4-13-10(6)7/h3-5,12H,2,11H2,1H3. The predicted octanol–water partition coefficient (Wildman–Crippen LogP) is 3.33. The first kappa shape index (κ1) is 8.91. The number of nitrogens with two attached hydrogens (primary N) is 1. The van der Waals surface area contributed by atoms with Crippen molar-refractivity contribution in [2.75, 3.05) is 5.73 Å². The highest BCUT2D eigenvalue weighted by molar-refractivity contribution is 7.80. The van der Waals surface area contributed by atoms with Crippen molar-refractivity contribution in [2.24, 2.45) is 0 Å². The zero-order valence-corrected chi connectivity index (χ0v) is 9.08. The van der Waals surface area contributed by atoms with E-state index in [0.29, 0.717) is 0 Å².